The Morgan fingerprint density at radius 3 is 2.30 bits per heavy atom. The molecule has 2 atom stereocenters. The van der Waals surface area contributed by atoms with Crippen LogP contribution in [0.4, 0.5) is 0 Å². The van der Waals surface area contributed by atoms with Crippen molar-refractivity contribution in [1.29, 1.82) is 0 Å². The zero-order valence-corrected chi connectivity index (χ0v) is 16.1. The van der Waals surface area contributed by atoms with Crippen molar-refractivity contribution >= 4 is 17.7 Å². The van der Waals surface area contributed by atoms with Crippen LogP contribution in [-0.2, 0) is 20.8 Å². The van der Waals surface area contributed by atoms with E-state index >= 15 is 0 Å². The Hall–Kier alpha value is -2.63. The molecule has 27 heavy (non-hydrogen) atoms. The SMILES string of the molecule is C=CCCCCCC[C@H](NC(=O)[C@H](Cc1ccccc1)NC(C)=O)C(N)=O. The van der Waals surface area contributed by atoms with E-state index in [2.05, 4.69) is 17.2 Å². The van der Waals surface area contributed by atoms with E-state index in [-0.39, 0.29) is 5.91 Å². The van der Waals surface area contributed by atoms with E-state index in [1.165, 1.54) is 6.92 Å². The fourth-order valence-corrected chi connectivity index (χ4v) is 2.85. The molecular weight excluding hydrogens is 342 g/mol. The minimum atomic E-state index is -0.751. The molecule has 1 aromatic carbocycles. The number of benzene rings is 1. The predicted octanol–water partition coefficient (Wildman–Crippen LogP) is 2.23. The van der Waals surface area contributed by atoms with Gasteiger partial charge in [-0.2, -0.15) is 0 Å². The summed E-state index contributed by atoms with van der Waals surface area (Å²) < 4.78 is 0. The van der Waals surface area contributed by atoms with E-state index in [4.69, 9.17) is 5.73 Å². The van der Waals surface area contributed by atoms with Gasteiger partial charge in [0, 0.05) is 13.3 Å². The summed E-state index contributed by atoms with van der Waals surface area (Å²) in [4.78, 5) is 35.8. The topological polar surface area (TPSA) is 101 Å². The monoisotopic (exact) mass is 373 g/mol. The maximum atomic E-state index is 12.6. The van der Waals surface area contributed by atoms with Crippen molar-refractivity contribution in [3.05, 3.63) is 48.6 Å². The van der Waals surface area contributed by atoms with Crippen molar-refractivity contribution in [3.8, 4) is 0 Å². The van der Waals surface area contributed by atoms with Crippen LogP contribution in [0.25, 0.3) is 0 Å². The first-order chi connectivity index (χ1) is 12.9. The van der Waals surface area contributed by atoms with Gasteiger partial charge in [-0.3, -0.25) is 14.4 Å². The summed E-state index contributed by atoms with van der Waals surface area (Å²) in [5.74, 6) is -1.26. The Morgan fingerprint density at radius 1 is 1.04 bits per heavy atom. The third kappa shape index (κ3) is 9.58. The molecule has 0 aliphatic heterocycles. The van der Waals surface area contributed by atoms with Gasteiger partial charge in [0.15, 0.2) is 0 Å². The van der Waals surface area contributed by atoms with E-state index in [0.29, 0.717) is 12.8 Å². The molecule has 0 aliphatic rings. The number of rotatable bonds is 13. The van der Waals surface area contributed by atoms with Gasteiger partial charge in [0.25, 0.3) is 0 Å². The summed E-state index contributed by atoms with van der Waals surface area (Å²) in [5, 5.41) is 5.35. The quantitative estimate of drug-likeness (QED) is 0.365. The van der Waals surface area contributed by atoms with E-state index in [0.717, 1.165) is 37.7 Å². The van der Waals surface area contributed by atoms with Crippen LogP contribution >= 0.6 is 0 Å². The molecule has 6 nitrogen and oxygen atoms in total. The maximum absolute atomic E-state index is 12.6. The molecule has 0 aromatic heterocycles. The molecular formula is C21H31N3O3. The van der Waals surface area contributed by atoms with Gasteiger partial charge in [-0.25, -0.2) is 0 Å². The Balaban J connectivity index is 2.61. The number of primary amides is 1. The highest BCUT2D eigenvalue weighted by Crippen LogP contribution is 2.09. The molecule has 0 spiro atoms. The lowest BCUT2D eigenvalue weighted by Crippen LogP contribution is -2.53. The Kier molecular flexibility index (Phi) is 10.5. The van der Waals surface area contributed by atoms with Crippen LogP contribution in [-0.4, -0.2) is 29.8 Å². The number of carbonyl (C=O) groups excluding carboxylic acids is 3. The average molecular weight is 373 g/mol. The van der Waals surface area contributed by atoms with Crippen molar-refractivity contribution in [2.75, 3.05) is 0 Å². The molecule has 0 bridgehead atoms. The first-order valence-electron chi connectivity index (χ1n) is 9.45. The summed E-state index contributed by atoms with van der Waals surface area (Å²) in [6.45, 7) is 5.05. The highest BCUT2D eigenvalue weighted by Gasteiger charge is 2.24. The van der Waals surface area contributed by atoms with Gasteiger partial charge in [0.1, 0.15) is 12.1 Å². The molecule has 6 heteroatoms. The molecule has 4 N–H and O–H groups in total. The van der Waals surface area contributed by atoms with Gasteiger partial charge in [-0.1, -0.05) is 55.7 Å². The van der Waals surface area contributed by atoms with Crippen molar-refractivity contribution in [1.82, 2.24) is 10.6 Å². The Morgan fingerprint density at radius 2 is 1.70 bits per heavy atom. The molecule has 0 heterocycles. The number of hydrogen-bond acceptors (Lipinski definition) is 3. The van der Waals surface area contributed by atoms with Gasteiger partial charge in [-0.15, -0.1) is 6.58 Å². The predicted molar refractivity (Wildman–Crippen MR) is 107 cm³/mol. The number of allylic oxidation sites excluding steroid dienone is 1. The Labute approximate surface area is 161 Å². The second kappa shape index (κ2) is 12.7. The third-order valence-electron chi connectivity index (χ3n) is 4.29. The first-order valence-corrected chi connectivity index (χ1v) is 9.45. The molecule has 0 aliphatic carbocycles. The molecule has 1 aromatic rings. The number of nitrogens with two attached hydrogens (primary N) is 1. The fraction of sp³-hybridized carbons (Fsp3) is 0.476. The summed E-state index contributed by atoms with van der Waals surface area (Å²) in [7, 11) is 0. The van der Waals surface area contributed by atoms with Crippen molar-refractivity contribution in [3.63, 3.8) is 0 Å². The number of carbonyl (C=O) groups is 3. The second-order valence-corrected chi connectivity index (χ2v) is 6.69. The summed E-state index contributed by atoms with van der Waals surface area (Å²) >= 11 is 0. The van der Waals surface area contributed by atoms with Gasteiger partial charge in [0.2, 0.25) is 17.7 Å². The summed E-state index contributed by atoms with van der Waals surface area (Å²) in [6, 6.07) is 7.92. The largest absolute Gasteiger partial charge is 0.368 e. The van der Waals surface area contributed by atoms with Crippen LogP contribution in [0.5, 0.6) is 0 Å². The third-order valence-corrected chi connectivity index (χ3v) is 4.29. The molecule has 1 rings (SSSR count). The second-order valence-electron chi connectivity index (χ2n) is 6.69. The lowest BCUT2D eigenvalue weighted by atomic mass is 10.0. The van der Waals surface area contributed by atoms with Crippen LogP contribution in [0.1, 0.15) is 51.0 Å². The van der Waals surface area contributed by atoms with Crippen molar-refractivity contribution in [2.45, 2.75) is 64.0 Å². The molecule has 0 radical (unpaired) electrons. The van der Waals surface area contributed by atoms with Crippen LogP contribution < -0.4 is 16.4 Å². The first kappa shape index (κ1) is 22.4. The zero-order chi connectivity index (χ0) is 20.1. The normalized spacial score (nSPS) is 12.6. The van der Waals surface area contributed by atoms with E-state index in [1.54, 1.807) is 0 Å². The van der Waals surface area contributed by atoms with Crippen molar-refractivity contribution < 1.29 is 14.4 Å². The van der Waals surface area contributed by atoms with Gasteiger partial charge in [-0.05, 0) is 24.8 Å². The van der Waals surface area contributed by atoms with Crippen LogP contribution in [0.15, 0.2) is 43.0 Å². The lowest BCUT2D eigenvalue weighted by molar-refractivity contribution is -0.130. The molecule has 0 saturated heterocycles. The smallest absolute Gasteiger partial charge is 0.243 e. The van der Waals surface area contributed by atoms with Crippen LogP contribution in [0, 0.1) is 0 Å². The van der Waals surface area contributed by atoms with E-state index in [9.17, 15) is 14.4 Å². The Bertz CT molecular complexity index is 616. The maximum Gasteiger partial charge on any atom is 0.243 e. The summed E-state index contributed by atoms with van der Waals surface area (Å²) in [5.41, 5.74) is 6.37. The number of nitrogens with one attached hydrogen (secondary N) is 2. The minimum absolute atomic E-state index is 0.302. The molecule has 3 amide bonds. The highest BCUT2D eigenvalue weighted by molar-refractivity contribution is 5.91. The van der Waals surface area contributed by atoms with Crippen LogP contribution in [0.3, 0.4) is 0 Å². The number of hydrogen-bond donors (Lipinski definition) is 3. The highest BCUT2D eigenvalue weighted by atomic mass is 16.2. The van der Waals surface area contributed by atoms with E-state index in [1.807, 2.05) is 36.4 Å². The zero-order valence-electron chi connectivity index (χ0n) is 16.1. The van der Waals surface area contributed by atoms with Crippen molar-refractivity contribution in [2.24, 2.45) is 5.73 Å². The molecule has 148 valence electrons. The van der Waals surface area contributed by atoms with Gasteiger partial charge in [0.05, 0.1) is 0 Å². The number of unbranched alkanes of at least 4 members (excludes halogenated alkanes) is 4. The molecule has 0 saturated carbocycles. The van der Waals surface area contributed by atoms with Gasteiger partial charge >= 0.3 is 0 Å². The fourth-order valence-electron chi connectivity index (χ4n) is 2.85. The molecule has 0 unspecified atom stereocenters. The number of amides is 3. The minimum Gasteiger partial charge on any atom is -0.368 e. The van der Waals surface area contributed by atoms with Gasteiger partial charge < -0.3 is 16.4 Å². The molecule has 0 fully saturated rings. The summed E-state index contributed by atoms with van der Waals surface area (Å²) in [6.07, 6.45) is 7.59. The average Bonchev–Trinajstić information content (AvgIpc) is 2.63. The van der Waals surface area contributed by atoms with Crippen LogP contribution in [0.2, 0.25) is 0 Å². The lowest BCUT2D eigenvalue weighted by Gasteiger charge is -2.21. The standard InChI is InChI=1S/C21H31N3O3/c1-3-4-5-6-7-11-14-18(20(22)26)24-21(27)19(23-16(2)25)15-17-12-9-8-10-13-17/h3,8-10,12-13,18-19H,1,4-7,11,14-15H2,2H3,(H2,22,26)(H,23,25)(H,24,27)/t18-,19-/m0/s1. The van der Waals surface area contributed by atoms with E-state index < -0.39 is 23.9 Å².